The number of nitrogens with one attached hydrogen (secondary N) is 1. The van der Waals surface area contributed by atoms with Gasteiger partial charge in [0, 0.05) is 12.1 Å². The maximum Gasteiger partial charge on any atom is 0.181 e. The van der Waals surface area contributed by atoms with Crippen LogP contribution in [0.2, 0.25) is 0 Å². The molecule has 0 spiro atoms. The van der Waals surface area contributed by atoms with E-state index < -0.39 is 9.84 Å². The van der Waals surface area contributed by atoms with Crippen LogP contribution in [0.4, 0.5) is 0 Å². The largest absolute Gasteiger partial charge is 0.486 e. The highest BCUT2D eigenvalue weighted by molar-refractivity contribution is 7.92. The third-order valence-electron chi connectivity index (χ3n) is 4.32. The third-order valence-corrected chi connectivity index (χ3v) is 6.53. The van der Waals surface area contributed by atoms with Crippen LogP contribution in [0.25, 0.3) is 0 Å². The molecule has 0 bridgehead atoms. The molecule has 1 aliphatic carbocycles. The fourth-order valence-electron chi connectivity index (χ4n) is 3.08. The molecule has 1 aromatic rings. The molecule has 1 N–H and O–H groups in total. The molecule has 6 heteroatoms. The molecule has 0 aromatic heterocycles. The van der Waals surface area contributed by atoms with E-state index in [4.69, 9.17) is 9.47 Å². The molecule has 1 saturated carbocycles. The summed E-state index contributed by atoms with van der Waals surface area (Å²) in [5.74, 6) is 1.15. The molecule has 2 atom stereocenters. The number of fused-ring (bicyclic) bond motifs is 1. The number of sulfone groups is 1. The molecule has 1 heterocycles. The zero-order valence-electron chi connectivity index (χ0n) is 12.2. The lowest BCUT2D eigenvalue weighted by atomic mass is 9.95. The van der Waals surface area contributed by atoms with E-state index in [0.29, 0.717) is 36.0 Å². The Morgan fingerprint density at radius 1 is 1.14 bits per heavy atom. The molecule has 0 amide bonds. The maximum atomic E-state index is 12.8. The van der Waals surface area contributed by atoms with Crippen LogP contribution in [-0.4, -0.2) is 40.0 Å². The van der Waals surface area contributed by atoms with Gasteiger partial charge in [0.1, 0.15) is 13.2 Å². The topological polar surface area (TPSA) is 64.6 Å². The average molecular weight is 311 g/mol. The summed E-state index contributed by atoms with van der Waals surface area (Å²) in [5.41, 5.74) is 0. The van der Waals surface area contributed by atoms with Gasteiger partial charge in [-0.3, -0.25) is 0 Å². The van der Waals surface area contributed by atoms with E-state index in [0.717, 1.165) is 19.3 Å². The van der Waals surface area contributed by atoms with Gasteiger partial charge in [-0.15, -0.1) is 0 Å². The number of rotatable bonds is 3. The smallest absolute Gasteiger partial charge is 0.181 e. The highest BCUT2D eigenvalue weighted by Gasteiger charge is 2.33. The van der Waals surface area contributed by atoms with Crippen LogP contribution in [0.1, 0.15) is 25.7 Å². The van der Waals surface area contributed by atoms with Crippen LogP contribution in [-0.2, 0) is 9.84 Å². The molecule has 116 valence electrons. The standard InChI is InChI=1S/C15H21NO4S/c1-16-11-3-2-4-12(9-11)21(17,18)13-5-6-14-15(10-13)20-8-7-19-14/h5-6,10-12,16H,2-4,7-9H2,1H3. The molecule has 1 aromatic carbocycles. The Morgan fingerprint density at radius 3 is 2.67 bits per heavy atom. The molecule has 3 rings (SSSR count). The summed E-state index contributed by atoms with van der Waals surface area (Å²) in [4.78, 5) is 0.341. The van der Waals surface area contributed by atoms with Crippen LogP contribution in [0.3, 0.4) is 0 Å². The van der Waals surface area contributed by atoms with Gasteiger partial charge in [-0.25, -0.2) is 8.42 Å². The zero-order valence-corrected chi connectivity index (χ0v) is 13.0. The predicted molar refractivity (Wildman–Crippen MR) is 79.7 cm³/mol. The van der Waals surface area contributed by atoms with Crippen molar-refractivity contribution in [3.05, 3.63) is 18.2 Å². The van der Waals surface area contributed by atoms with Crippen molar-refractivity contribution in [1.29, 1.82) is 0 Å². The summed E-state index contributed by atoms with van der Waals surface area (Å²) in [5, 5.41) is 2.88. The lowest BCUT2D eigenvalue weighted by Crippen LogP contribution is -2.37. The van der Waals surface area contributed by atoms with Gasteiger partial charge in [0.15, 0.2) is 21.3 Å². The molecule has 0 saturated heterocycles. The highest BCUT2D eigenvalue weighted by atomic mass is 32.2. The lowest BCUT2D eigenvalue weighted by Gasteiger charge is -2.29. The third kappa shape index (κ3) is 2.87. The molecule has 2 aliphatic rings. The van der Waals surface area contributed by atoms with E-state index in [9.17, 15) is 8.42 Å². The van der Waals surface area contributed by atoms with Gasteiger partial charge in [-0.05, 0) is 38.4 Å². The molecule has 2 unspecified atom stereocenters. The fraction of sp³-hybridized carbons (Fsp3) is 0.600. The number of hydrogen-bond acceptors (Lipinski definition) is 5. The Bertz CT molecular complexity index is 614. The summed E-state index contributed by atoms with van der Waals surface area (Å²) in [6, 6.07) is 5.22. The Balaban J connectivity index is 1.87. The van der Waals surface area contributed by atoms with Crippen molar-refractivity contribution < 1.29 is 17.9 Å². The summed E-state index contributed by atoms with van der Waals surface area (Å²) in [6.45, 7) is 0.966. The van der Waals surface area contributed by atoms with E-state index in [1.165, 1.54) is 0 Å². The van der Waals surface area contributed by atoms with E-state index in [1.807, 2.05) is 7.05 Å². The van der Waals surface area contributed by atoms with Crippen molar-refractivity contribution >= 4 is 9.84 Å². The normalized spacial score (nSPS) is 25.6. The summed E-state index contributed by atoms with van der Waals surface area (Å²) in [6.07, 6.45) is 3.39. The molecule has 1 fully saturated rings. The van der Waals surface area contributed by atoms with Crippen LogP contribution in [0.15, 0.2) is 23.1 Å². The van der Waals surface area contributed by atoms with Crippen molar-refractivity contribution in [2.75, 3.05) is 20.3 Å². The second-order valence-corrected chi connectivity index (χ2v) is 7.85. The first-order valence-corrected chi connectivity index (χ1v) is 8.96. The molecular weight excluding hydrogens is 290 g/mol. The minimum Gasteiger partial charge on any atom is -0.486 e. The van der Waals surface area contributed by atoms with Gasteiger partial charge in [-0.1, -0.05) is 6.42 Å². The maximum absolute atomic E-state index is 12.8. The Kier molecular flexibility index (Phi) is 4.08. The average Bonchev–Trinajstić information content (AvgIpc) is 2.54. The molecule has 21 heavy (non-hydrogen) atoms. The van der Waals surface area contributed by atoms with Crippen LogP contribution < -0.4 is 14.8 Å². The molecular formula is C15H21NO4S. The van der Waals surface area contributed by atoms with Crippen molar-refractivity contribution in [2.24, 2.45) is 0 Å². The first-order valence-electron chi connectivity index (χ1n) is 7.42. The second-order valence-electron chi connectivity index (χ2n) is 5.62. The molecule has 0 radical (unpaired) electrons. The van der Waals surface area contributed by atoms with Gasteiger partial charge < -0.3 is 14.8 Å². The summed E-state index contributed by atoms with van der Waals surface area (Å²) >= 11 is 0. The van der Waals surface area contributed by atoms with E-state index in [-0.39, 0.29) is 11.3 Å². The van der Waals surface area contributed by atoms with Crippen molar-refractivity contribution in [3.8, 4) is 11.5 Å². The van der Waals surface area contributed by atoms with Crippen molar-refractivity contribution in [2.45, 2.75) is 41.9 Å². The highest BCUT2D eigenvalue weighted by Crippen LogP contribution is 2.35. The molecule has 5 nitrogen and oxygen atoms in total. The SMILES string of the molecule is CNC1CCCC(S(=O)(=O)c2ccc3c(c2)OCCO3)C1. The minimum atomic E-state index is -3.31. The fourth-order valence-corrected chi connectivity index (χ4v) is 4.96. The van der Waals surface area contributed by atoms with Gasteiger partial charge in [0.05, 0.1) is 10.1 Å². The zero-order chi connectivity index (χ0) is 14.9. The quantitative estimate of drug-likeness (QED) is 0.921. The van der Waals surface area contributed by atoms with E-state index in [2.05, 4.69) is 5.32 Å². The number of benzene rings is 1. The Hall–Kier alpha value is -1.27. The van der Waals surface area contributed by atoms with Gasteiger partial charge in [-0.2, -0.15) is 0 Å². The predicted octanol–water partition coefficient (Wildman–Crippen LogP) is 1.76. The van der Waals surface area contributed by atoms with Gasteiger partial charge >= 0.3 is 0 Å². The minimum absolute atomic E-state index is 0.288. The first kappa shape index (κ1) is 14.7. The summed E-state index contributed by atoms with van der Waals surface area (Å²) < 4.78 is 36.5. The van der Waals surface area contributed by atoms with Gasteiger partial charge in [0.25, 0.3) is 0 Å². The Morgan fingerprint density at radius 2 is 1.90 bits per heavy atom. The first-order chi connectivity index (χ1) is 10.1. The van der Waals surface area contributed by atoms with Gasteiger partial charge in [0.2, 0.25) is 0 Å². The lowest BCUT2D eigenvalue weighted by molar-refractivity contribution is 0.171. The monoisotopic (exact) mass is 311 g/mol. The number of ether oxygens (including phenoxy) is 2. The summed E-state index contributed by atoms with van der Waals surface area (Å²) in [7, 11) is -1.42. The van der Waals surface area contributed by atoms with Crippen LogP contribution in [0, 0.1) is 0 Å². The molecule has 1 aliphatic heterocycles. The second kappa shape index (κ2) is 5.85. The number of hydrogen-bond donors (Lipinski definition) is 1. The van der Waals surface area contributed by atoms with E-state index in [1.54, 1.807) is 18.2 Å². The Labute approximate surface area is 125 Å². The van der Waals surface area contributed by atoms with Crippen LogP contribution in [0.5, 0.6) is 11.5 Å². The van der Waals surface area contributed by atoms with Crippen molar-refractivity contribution in [3.63, 3.8) is 0 Å². The van der Waals surface area contributed by atoms with Crippen LogP contribution >= 0.6 is 0 Å². The van der Waals surface area contributed by atoms with Crippen molar-refractivity contribution in [1.82, 2.24) is 5.32 Å². The van der Waals surface area contributed by atoms with E-state index >= 15 is 0 Å².